The largest absolute Gasteiger partial charge is 0.347 e. The molecule has 1 aliphatic carbocycles. The number of fused-ring (bicyclic) bond motifs is 2. The van der Waals surface area contributed by atoms with E-state index in [1.165, 1.54) is 11.1 Å². The third kappa shape index (κ3) is 2.83. The summed E-state index contributed by atoms with van der Waals surface area (Å²) in [6, 6.07) is 18.6. The van der Waals surface area contributed by atoms with E-state index in [9.17, 15) is 4.79 Å². The van der Waals surface area contributed by atoms with E-state index in [0.29, 0.717) is 5.69 Å². The van der Waals surface area contributed by atoms with Gasteiger partial charge in [-0.05, 0) is 41.7 Å². The van der Waals surface area contributed by atoms with Crippen molar-refractivity contribution in [2.45, 2.75) is 32.1 Å². The molecule has 3 aromatic rings. The molecule has 0 spiro atoms. The van der Waals surface area contributed by atoms with E-state index in [-0.39, 0.29) is 11.2 Å². The molecule has 5 rings (SSSR count). The van der Waals surface area contributed by atoms with Crippen LogP contribution in [-0.4, -0.2) is 23.0 Å². The maximum absolute atomic E-state index is 13.3. The SMILES string of the molecule is CN1/C(=C/C(=O)c2[nH]nc3c2CC/C3=C\c2ccccc2)C(C)(C)c2ccccc21. The molecular formula is C26H25N3O. The van der Waals surface area contributed by atoms with Crippen molar-refractivity contribution in [2.75, 3.05) is 11.9 Å². The average Bonchev–Trinajstić information content (AvgIpc) is 3.39. The van der Waals surface area contributed by atoms with Gasteiger partial charge < -0.3 is 4.90 Å². The minimum absolute atomic E-state index is 0.00700. The lowest BCUT2D eigenvalue weighted by Gasteiger charge is -2.23. The number of para-hydroxylation sites is 1. The van der Waals surface area contributed by atoms with Crippen LogP contribution >= 0.6 is 0 Å². The number of benzene rings is 2. The summed E-state index contributed by atoms with van der Waals surface area (Å²) in [5.74, 6) is -0.00700. The number of aromatic nitrogens is 2. The van der Waals surface area contributed by atoms with Gasteiger partial charge in [-0.25, -0.2) is 0 Å². The van der Waals surface area contributed by atoms with Crippen LogP contribution in [-0.2, 0) is 11.8 Å². The highest BCUT2D eigenvalue weighted by Crippen LogP contribution is 2.46. The zero-order valence-corrected chi connectivity index (χ0v) is 17.6. The van der Waals surface area contributed by atoms with Gasteiger partial charge in [0, 0.05) is 35.5 Å². The first-order chi connectivity index (χ1) is 14.5. The van der Waals surface area contributed by atoms with Crippen LogP contribution in [0.5, 0.6) is 0 Å². The molecule has 150 valence electrons. The number of likely N-dealkylation sites (N-methyl/N-ethyl adjacent to an activating group) is 1. The Kier molecular flexibility index (Phi) is 4.24. The van der Waals surface area contributed by atoms with Crippen LogP contribution in [0.3, 0.4) is 0 Å². The molecule has 0 amide bonds. The highest BCUT2D eigenvalue weighted by atomic mass is 16.1. The fourth-order valence-electron chi connectivity index (χ4n) is 4.80. The fraction of sp³-hybridized carbons (Fsp3) is 0.231. The van der Waals surface area contributed by atoms with E-state index in [0.717, 1.165) is 41.0 Å². The van der Waals surface area contributed by atoms with E-state index in [1.54, 1.807) is 6.08 Å². The van der Waals surface area contributed by atoms with Gasteiger partial charge in [-0.1, -0.05) is 62.4 Å². The lowest BCUT2D eigenvalue weighted by atomic mass is 9.83. The molecule has 0 fully saturated rings. The second-order valence-corrected chi connectivity index (χ2v) is 8.60. The van der Waals surface area contributed by atoms with E-state index in [2.05, 4.69) is 65.4 Å². The van der Waals surface area contributed by atoms with Crippen molar-refractivity contribution in [1.29, 1.82) is 0 Å². The molecule has 2 aliphatic rings. The smallest absolute Gasteiger partial charge is 0.205 e. The standard InChI is InChI=1S/C26H25N3O/c1-26(2)20-11-7-8-12-21(20)29(3)23(26)16-22(30)25-19-14-13-18(24(19)27-28-25)15-17-9-5-4-6-10-17/h4-12,15-16H,13-14H2,1-3H3,(H,27,28)/b18-15+,23-16+. The summed E-state index contributed by atoms with van der Waals surface area (Å²) in [5.41, 5.74) is 8.12. The monoisotopic (exact) mass is 395 g/mol. The molecule has 2 heterocycles. The first-order valence-electron chi connectivity index (χ1n) is 10.4. The van der Waals surface area contributed by atoms with Gasteiger partial charge in [-0.15, -0.1) is 0 Å². The van der Waals surface area contributed by atoms with Crippen LogP contribution < -0.4 is 4.90 Å². The van der Waals surface area contributed by atoms with E-state index in [1.807, 2.05) is 31.3 Å². The summed E-state index contributed by atoms with van der Waals surface area (Å²) < 4.78 is 0. The van der Waals surface area contributed by atoms with Crippen molar-refractivity contribution in [3.63, 3.8) is 0 Å². The van der Waals surface area contributed by atoms with Crippen LogP contribution in [0.15, 0.2) is 66.4 Å². The maximum atomic E-state index is 13.3. The third-order valence-electron chi connectivity index (χ3n) is 6.41. The van der Waals surface area contributed by atoms with Crippen molar-refractivity contribution >= 4 is 23.1 Å². The van der Waals surface area contributed by atoms with Crippen LogP contribution in [0, 0.1) is 0 Å². The molecule has 2 aromatic carbocycles. The molecule has 0 radical (unpaired) electrons. The van der Waals surface area contributed by atoms with Crippen molar-refractivity contribution < 1.29 is 4.79 Å². The van der Waals surface area contributed by atoms with E-state index >= 15 is 0 Å². The Morgan fingerprint density at radius 2 is 1.80 bits per heavy atom. The number of nitrogens with zero attached hydrogens (tertiary/aromatic N) is 2. The molecule has 1 aromatic heterocycles. The van der Waals surface area contributed by atoms with Gasteiger partial charge in [0.15, 0.2) is 0 Å². The first kappa shape index (κ1) is 18.6. The van der Waals surface area contributed by atoms with Crippen molar-refractivity contribution in [3.05, 3.63) is 94.4 Å². The summed E-state index contributed by atoms with van der Waals surface area (Å²) in [7, 11) is 2.03. The van der Waals surface area contributed by atoms with Gasteiger partial charge in [-0.2, -0.15) is 5.10 Å². The van der Waals surface area contributed by atoms with Crippen molar-refractivity contribution in [2.24, 2.45) is 0 Å². The van der Waals surface area contributed by atoms with Crippen LogP contribution in [0.4, 0.5) is 5.69 Å². The average molecular weight is 396 g/mol. The predicted octanol–water partition coefficient (Wildman–Crippen LogP) is 5.39. The van der Waals surface area contributed by atoms with Gasteiger partial charge >= 0.3 is 0 Å². The molecule has 0 saturated carbocycles. The minimum atomic E-state index is -0.220. The number of nitrogens with one attached hydrogen (secondary N) is 1. The van der Waals surface area contributed by atoms with E-state index < -0.39 is 0 Å². The molecular weight excluding hydrogens is 370 g/mol. The lowest BCUT2D eigenvalue weighted by Crippen LogP contribution is -2.24. The number of aromatic amines is 1. The van der Waals surface area contributed by atoms with Gasteiger partial charge in [0.05, 0.1) is 5.69 Å². The Morgan fingerprint density at radius 3 is 2.57 bits per heavy atom. The molecule has 30 heavy (non-hydrogen) atoms. The summed E-state index contributed by atoms with van der Waals surface area (Å²) in [5, 5.41) is 7.53. The zero-order valence-electron chi connectivity index (χ0n) is 17.6. The highest BCUT2D eigenvalue weighted by molar-refractivity contribution is 6.06. The van der Waals surface area contributed by atoms with Crippen LogP contribution in [0.1, 0.15) is 53.1 Å². The Balaban J connectivity index is 1.48. The third-order valence-corrected chi connectivity index (χ3v) is 6.41. The van der Waals surface area contributed by atoms with Crippen LogP contribution in [0.2, 0.25) is 0 Å². The maximum Gasteiger partial charge on any atom is 0.205 e. The number of anilines is 1. The topological polar surface area (TPSA) is 49.0 Å². The Bertz CT molecular complexity index is 1200. The van der Waals surface area contributed by atoms with Gasteiger partial charge in [0.2, 0.25) is 5.78 Å². The zero-order chi connectivity index (χ0) is 20.9. The molecule has 4 heteroatoms. The number of ketones is 1. The van der Waals surface area contributed by atoms with Gasteiger partial charge in [0.25, 0.3) is 0 Å². The van der Waals surface area contributed by atoms with Crippen molar-refractivity contribution in [3.8, 4) is 0 Å². The molecule has 0 unspecified atom stereocenters. The summed E-state index contributed by atoms with van der Waals surface area (Å²) in [6.45, 7) is 4.35. The van der Waals surface area contributed by atoms with Gasteiger partial charge in [-0.3, -0.25) is 9.89 Å². The molecule has 0 atom stereocenters. The second kappa shape index (κ2) is 6.84. The molecule has 1 N–H and O–H groups in total. The normalized spacial score (nSPS) is 19.4. The summed E-state index contributed by atoms with van der Waals surface area (Å²) >= 11 is 0. The number of rotatable bonds is 3. The van der Waals surface area contributed by atoms with Crippen molar-refractivity contribution in [1.82, 2.24) is 10.2 Å². The number of carbonyl (C=O) groups excluding carboxylic acids is 1. The Labute approximate surface area is 176 Å². The van der Waals surface area contributed by atoms with E-state index in [4.69, 9.17) is 0 Å². The molecule has 1 aliphatic heterocycles. The molecule has 0 bridgehead atoms. The molecule has 4 nitrogen and oxygen atoms in total. The number of allylic oxidation sites excluding steroid dienone is 3. The Morgan fingerprint density at radius 1 is 1.07 bits per heavy atom. The summed E-state index contributed by atoms with van der Waals surface area (Å²) in [6.07, 6.45) is 5.71. The predicted molar refractivity (Wildman–Crippen MR) is 122 cm³/mol. The summed E-state index contributed by atoms with van der Waals surface area (Å²) in [4.78, 5) is 15.4. The Hall–Kier alpha value is -3.40. The fourth-order valence-corrected chi connectivity index (χ4v) is 4.80. The first-order valence-corrected chi connectivity index (χ1v) is 10.4. The van der Waals surface area contributed by atoms with Crippen LogP contribution in [0.25, 0.3) is 11.6 Å². The number of H-pyrrole nitrogens is 1. The molecule has 0 saturated heterocycles. The highest BCUT2D eigenvalue weighted by Gasteiger charge is 2.39. The number of hydrogen-bond donors (Lipinski definition) is 1. The minimum Gasteiger partial charge on any atom is -0.347 e. The number of hydrogen-bond acceptors (Lipinski definition) is 3. The lowest BCUT2D eigenvalue weighted by molar-refractivity contribution is 0.104. The number of carbonyl (C=O) groups is 1. The quantitative estimate of drug-likeness (QED) is 0.478. The second-order valence-electron chi connectivity index (χ2n) is 8.60. The van der Waals surface area contributed by atoms with Gasteiger partial charge in [0.1, 0.15) is 5.69 Å².